The summed E-state index contributed by atoms with van der Waals surface area (Å²) >= 11 is 0. The first-order valence-electron chi connectivity index (χ1n) is 4.39. The number of phenolic OH excluding ortho intramolecular Hbond substituents is 2. The fraction of sp³-hybridized carbons (Fsp3) is 0.400. The second-order valence-corrected chi connectivity index (χ2v) is 3.60. The van der Waals surface area contributed by atoms with Gasteiger partial charge in [-0.1, -0.05) is 0 Å². The summed E-state index contributed by atoms with van der Waals surface area (Å²) in [5, 5.41) is 18.6. The van der Waals surface area contributed by atoms with Crippen LogP contribution < -0.4 is 0 Å². The third-order valence-corrected chi connectivity index (χ3v) is 2.50. The fourth-order valence-electron chi connectivity index (χ4n) is 1.72. The molecular formula is C10H14BrNO2. The van der Waals surface area contributed by atoms with E-state index in [2.05, 4.69) is 4.90 Å². The maximum atomic E-state index is 9.29. The zero-order chi connectivity index (χ0) is 9.42. The molecule has 2 rings (SSSR count). The standard InChI is InChI=1S/C10H13NO2.BrH/c1-11-3-2-7-4-9(12)10(13)5-8(7)6-11;/h4-5,12-13H,2-3,6H2,1H3;1H. The van der Waals surface area contributed by atoms with Gasteiger partial charge in [-0.25, -0.2) is 0 Å². The number of halogens is 1. The lowest BCUT2D eigenvalue weighted by atomic mass is 9.99. The van der Waals surface area contributed by atoms with E-state index in [1.54, 1.807) is 12.1 Å². The van der Waals surface area contributed by atoms with Crippen LogP contribution in [0.4, 0.5) is 0 Å². The molecular weight excluding hydrogens is 246 g/mol. The number of nitrogens with zero attached hydrogens (tertiary/aromatic N) is 1. The van der Waals surface area contributed by atoms with Gasteiger partial charge < -0.3 is 15.1 Å². The molecule has 0 amide bonds. The molecule has 3 nitrogen and oxygen atoms in total. The predicted molar refractivity (Wildman–Crippen MR) is 60.1 cm³/mol. The van der Waals surface area contributed by atoms with Crippen molar-refractivity contribution in [3.05, 3.63) is 23.3 Å². The molecule has 4 heteroatoms. The Labute approximate surface area is 93.7 Å². The molecule has 0 saturated carbocycles. The van der Waals surface area contributed by atoms with Gasteiger partial charge in [0.2, 0.25) is 0 Å². The van der Waals surface area contributed by atoms with Crippen molar-refractivity contribution in [1.82, 2.24) is 4.90 Å². The highest BCUT2D eigenvalue weighted by Crippen LogP contribution is 2.30. The minimum atomic E-state index is -0.0194. The van der Waals surface area contributed by atoms with Crippen LogP contribution in [-0.2, 0) is 13.0 Å². The molecule has 0 unspecified atom stereocenters. The Hall–Kier alpha value is -0.740. The first-order valence-corrected chi connectivity index (χ1v) is 4.39. The van der Waals surface area contributed by atoms with E-state index in [1.807, 2.05) is 7.05 Å². The molecule has 0 aliphatic carbocycles. The van der Waals surface area contributed by atoms with Gasteiger partial charge >= 0.3 is 0 Å². The van der Waals surface area contributed by atoms with Crippen molar-refractivity contribution in [2.75, 3.05) is 13.6 Å². The molecule has 78 valence electrons. The smallest absolute Gasteiger partial charge is 0.157 e. The summed E-state index contributed by atoms with van der Waals surface area (Å²) in [6.45, 7) is 1.86. The van der Waals surface area contributed by atoms with E-state index in [1.165, 1.54) is 0 Å². The van der Waals surface area contributed by atoms with Gasteiger partial charge in [0.05, 0.1) is 0 Å². The third-order valence-electron chi connectivity index (χ3n) is 2.50. The van der Waals surface area contributed by atoms with E-state index in [9.17, 15) is 10.2 Å². The molecule has 2 N–H and O–H groups in total. The number of fused-ring (bicyclic) bond motifs is 1. The summed E-state index contributed by atoms with van der Waals surface area (Å²) in [4.78, 5) is 2.19. The maximum absolute atomic E-state index is 9.29. The van der Waals surface area contributed by atoms with Crippen molar-refractivity contribution in [2.45, 2.75) is 13.0 Å². The molecule has 0 atom stereocenters. The summed E-state index contributed by atoms with van der Waals surface area (Å²) in [6, 6.07) is 3.32. The quantitative estimate of drug-likeness (QED) is 0.697. The van der Waals surface area contributed by atoms with Crippen LogP contribution in [0.2, 0.25) is 0 Å². The Balaban J connectivity index is 0.000000980. The first-order chi connectivity index (χ1) is 6.16. The lowest BCUT2D eigenvalue weighted by Crippen LogP contribution is -2.26. The summed E-state index contributed by atoms with van der Waals surface area (Å²) in [6.07, 6.45) is 0.944. The number of likely N-dealkylation sites (N-methyl/N-ethyl adjacent to an activating group) is 1. The van der Waals surface area contributed by atoms with E-state index in [-0.39, 0.29) is 28.5 Å². The zero-order valence-corrected chi connectivity index (χ0v) is 9.74. The summed E-state index contributed by atoms with van der Waals surface area (Å²) in [7, 11) is 2.05. The van der Waals surface area contributed by atoms with Crippen molar-refractivity contribution in [3.8, 4) is 11.5 Å². The summed E-state index contributed by atoms with van der Waals surface area (Å²) in [5.41, 5.74) is 2.26. The van der Waals surface area contributed by atoms with Crippen molar-refractivity contribution >= 4 is 17.0 Å². The van der Waals surface area contributed by atoms with Gasteiger partial charge in [-0.15, -0.1) is 17.0 Å². The van der Waals surface area contributed by atoms with Crippen LogP contribution in [0.15, 0.2) is 12.1 Å². The van der Waals surface area contributed by atoms with E-state index >= 15 is 0 Å². The highest BCUT2D eigenvalue weighted by Gasteiger charge is 2.15. The van der Waals surface area contributed by atoms with E-state index in [0.717, 1.165) is 30.6 Å². The van der Waals surface area contributed by atoms with Crippen LogP contribution in [0.5, 0.6) is 11.5 Å². The predicted octanol–water partition coefficient (Wildman–Crippen LogP) is 1.66. The van der Waals surface area contributed by atoms with Crippen LogP contribution in [-0.4, -0.2) is 28.7 Å². The van der Waals surface area contributed by atoms with Crippen LogP contribution >= 0.6 is 17.0 Å². The first kappa shape index (κ1) is 11.3. The minimum absolute atomic E-state index is 0. The van der Waals surface area contributed by atoms with Gasteiger partial charge in [0.1, 0.15) is 0 Å². The number of aromatic hydroxyl groups is 2. The highest BCUT2D eigenvalue weighted by atomic mass is 79.9. The van der Waals surface area contributed by atoms with Gasteiger partial charge in [-0.05, 0) is 36.7 Å². The second-order valence-electron chi connectivity index (χ2n) is 3.60. The Morgan fingerprint density at radius 3 is 2.36 bits per heavy atom. The molecule has 1 heterocycles. The van der Waals surface area contributed by atoms with Crippen LogP contribution in [0.1, 0.15) is 11.1 Å². The van der Waals surface area contributed by atoms with Crippen molar-refractivity contribution in [3.63, 3.8) is 0 Å². The maximum Gasteiger partial charge on any atom is 0.157 e. The monoisotopic (exact) mass is 259 g/mol. The summed E-state index contributed by atoms with van der Waals surface area (Å²) < 4.78 is 0. The molecule has 0 spiro atoms. The number of rotatable bonds is 0. The lowest BCUT2D eigenvalue weighted by molar-refractivity contribution is 0.310. The average Bonchev–Trinajstić information content (AvgIpc) is 2.08. The van der Waals surface area contributed by atoms with Crippen LogP contribution in [0.3, 0.4) is 0 Å². The second kappa shape index (κ2) is 4.19. The molecule has 1 aliphatic rings. The normalized spacial score (nSPS) is 15.8. The van der Waals surface area contributed by atoms with Gasteiger partial charge in [0.15, 0.2) is 11.5 Å². The summed E-state index contributed by atoms with van der Waals surface area (Å²) in [5.74, 6) is -0.0302. The molecule has 0 aromatic heterocycles. The molecule has 0 saturated heterocycles. The number of hydrogen-bond donors (Lipinski definition) is 2. The Bertz CT molecular complexity index is 341. The van der Waals surface area contributed by atoms with E-state index in [0.29, 0.717) is 0 Å². The minimum Gasteiger partial charge on any atom is -0.504 e. The SMILES string of the molecule is Br.CN1CCc2cc(O)c(O)cc2C1. The molecule has 1 aliphatic heterocycles. The molecule has 14 heavy (non-hydrogen) atoms. The molecule has 0 fully saturated rings. The van der Waals surface area contributed by atoms with Gasteiger partial charge in [-0.2, -0.15) is 0 Å². The number of benzene rings is 1. The molecule has 0 bridgehead atoms. The van der Waals surface area contributed by atoms with Gasteiger partial charge in [-0.3, -0.25) is 0 Å². The van der Waals surface area contributed by atoms with Crippen LogP contribution in [0.25, 0.3) is 0 Å². The van der Waals surface area contributed by atoms with Crippen molar-refractivity contribution in [1.29, 1.82) is 0 Å². The van der Waals surface area contributed by atoms with Crippen molar-refractivity contribution in [2.24, 2.45) is 0 Å². The highest BCUT2D eigenvalue weighted by molar-refractivity contribution is 8.93. The Morgan fingerprint density at radius 2 is 1.71 bits per heavy atom. The van der Waals surface area contributed by atoms with Crippen molar-refractivity contribution < 1.29 is 10.2 Å². The molecule has 1 aromatic rings. The van der Waals surface area contributed by atoms with E-state index in [4.69, 9.17) is 0 Å². The average molecular weight is 260 g/mol. The fourth-order valence-corrected chi connectivity index (χ4v) is 1.72. The van der Waals surface area contributed by atoms with Gasteiger partial charge in [0.25, 0.3) is 0 Å². The number of hydrogen-bond acceptors (Lipinski definition) is 3. The molecule has 1 aromatic carbocycles. The lowest BCUT2D eigenvalue weighted by Gasteiger charge is -2.25. The zero-order valence-electron chi connectivity index (χ0n) is 8.03. The Kier molecular flexibility index (Phi) is 3.39. The number of phenols is 2. The largest absolute Gasteiger partial charge is 0.504 e. The van der Waals surface area contributed by atoms with Gasteiger partial charge in [0, 0.05) is 13.1 Å². The third kappa shape index (κ3) is 2.01. The van der Waals surface area contributed by atoms with E-state index < -0.39 is 0 Å². The van der Waals surface area contributed by atoms with Crippen LogP contribution in [0, 0.1) is 0 Å². The molecule has 0 radical (unpaired) electrons. The topological polar surface area (TPSA) is 43.7 Å². The Morgan fingerprint density at radius 1 is 1.14 bits per heavy atom.